The molecule has 1 aliphatic rings. The fourth-order valence-electron chi connectivity index (χ4n) is 1.70. The molecule has 1 saturated carbocycles. The lowest BCUT2D eigenvalue weighted by atomic mass is 10.1. The Balaban J connectivity index is 0.00000180. The average molecular weight is 414 g/mol. The Bertz CT molecular complexity index is 427. The maximum atomic E-state index is 5.96. The lowest BCUT2D eigenvalue weighted by Crippen LogP contribution is -2.39. The van der Waals surface area contributed by atoms with E-state index < -0.39 is 0 Å². The molecule has 3 nitrogen and oxygen atoms in total. The van der Waals surface area contributed by atoms with Gasteiger partial charge >= 0.3 is 0 Å². The molecule has 0 aromatic heterocycles. The molecule has 0 amide bonds. The van der Waals surface area contributed by atoms with Crippen LogP contribution in [0.2, 0.25) is 10.0 Å². The number of rotatable bonds is 4. The minimum absolute atomic E-state index is 0. The van der Waals surface area contributed by atoms with E-state index in [0.717, 1.165) is 24.5 Å². The van der Waals surface area contributed by atoms with Crippen LogP contribution in [-0.4, -0.2) is 25.6 Å². The molecule has 6 heteroatoms. The SMILES string of the molecule is CN=C(NCCc1cc(Cl)cc(Cl)c1)NC1CC1.I. The smallest absolute Gasteiger partial charge is 0.191 e. The molecule has 0 atom stereocenters. The van der Waals surface area contributed by atoms with Crippen LogP contribution in [0.1, 0.15) is 18.4 Å². The number of hydrogen-bond donors (Lipinski definition) is 2. The van der Waals surface area contributed by atoms with E-state index >= 15 is 0 Å². The van der Waals surface area contributed by atoms with Gasteiger partial charge in [0, 0.05) is 29.7 Å². The van der Waals surface area contributed by atoms with E-state index in [-0.39, 0.29) is 24.0 Å². The van der Waals surface area contributed by atoms with Gasteiger partial charge in [-0.1, -0.05) is 23.2 Å². The molecule has 0 heterocycles. The van der Waals surface area contributed by atoms with E-state index in [2.05, 4.69) is 15.6 Å². The molecule has 0 spiro atoms. The van der Waals surface area contributed by atoms with Gasteiger partial charge in [0.25, 0.3) is 0 Å². The van der Waals surface area contributed by atoms with Crippen molar-refractivity contribution in [1.82, 2.24) is 10.6 Å². The predicted molar refractivity (Wildman–Crippen MR) is 93.1 cm³/mol. The second-order valence-electron chi connectivity index (χ2n) is 4.45. The van der Waals surface area contributed by atoms with E-state index in [9.17, 15) is 0 Å². The summed E-state index contributed by atoms with van der Waals surface area (Å²) in [5, 5.41) is 7.97. The molecule has 0 aliphatic heterocycles. The lowest BCUT2D eigenvalue weighted by Gasteiger charge is -2.11. The second kappa shape index (κ2) is 8.17. The van der Waals surface area contributed by atoms with Crippen molar-refractivity contribution in [3.8, 4) is 0 Å². The van der Waals surface area contributed by atoms with Crippen LogP contribution in [0.4, 0.5) is 0 Å². The molecule has 1 aliphatic carbocycles. The van der Waals surface area contributed by atoms with Gasteiger partial charge in [0.1, 0.15) is 0 Å². The normalized spacial score (nSPS) is 14.8. The standard InChI is InChI=1S/C13H17Cl2N3.HI/c1-16-13(18-12-2-3-12)17-5-4-9-6-10(14)8-11(15)7-9;/h6-8,12H,2-5H2,1H3,(H2,16,17,18);1H. The molecule has 19 heavy (non-hydrogen) atoms. The van der Waals surface area contributed by atoms with Crippen LogP contribution < -0.4 is 10.6 Å². The Morgan fingerprint density at radius 1 is 1.26 bits per heavy atom. The summed E-state index contributed by atoms with van der Waals surface area (Å²) >= 11 is 11.9. The second-order valence-corrected chi connectivity index (χ2v) is 5.32. The third-order valence-electron chi connectivity index (χ3n) is 2.77. The molecular weight excluding hydrogens is 396 g/mol. The topological polar surface area (TPSA) is 36.4 Å². The Morgan fingerprint density at radius 2 is 1.89 bits per heavy atom. The van der Waals surface area contributed by atoms with Gasteiger partial charge in [-0.05, 0) is 43.0 Å². The van der Waals surface area contributed by atoms with Gasteiger partial charge in [0.2, 0.25) is 0 Å². The highest BCUT2D eigenvalue weighted by Crippen LogP contribution is 2.19. The Hall–Kier alpha value is -0.200. The number of guanidine groups is 1. The van der Waals surface area contributed by atoms with E-state index in [1.54, 1.807) is 13.1 Å². The first-order valence-corrected chi connectivity index (χ1v) is 6.85. The van der Waals surface area contributed by atoms with Crippen LogP contribution >= 0.6 is 47.2 Å². The molecule has 0 saturated heterocycles. The Morgan fingerprint density at radius 3 is 2.42 bits per heavy atom. The molecular formula is C13H18Cl2IN3. The van der Waals surface area contributed by atoms with Gasteiger partial charge in [0.05, 0.1) is 0 Å². The highest BCUT2D eigenvalue weighted by molar-refractivity contribution is 14.0. The first-order chi connectivity index (χ1) is 8.67. The molecule has 0 radical (unpaired) electrons. The number of halogens is 3. The van der Waals surface area contributed by atoms with Gasteiger partial charge in [-0.3, -0.25) is 4.99 Å². The first-order valence-electron chi connectivity index (χ1n) is 6.09. The van der Waals surface area contributed by atoms with Crippen molar-refractivity contribution in [3.63, 3.8) is 0 Å². The van der Waals surface area contributed by atoms with Gasteiger partial charge in [0.15, 0.2) is 5.96 Å². The number of benzene rings is 1. The number of aliphatic imine (C=N–C) groups is 1. The van der Waals surface area contributed by atoms with Crippen molar-refractivity contribution >= 4 is 53.1 Å². The molecule has 0 bridgehead atoms. The monoisotopic (exact) mass is 413 g/mol. The molecule has 106 valence electrons. The van der Waals surface area contributed by atoms with Crippen LogP contribution in [0.15, 0.2) is 23.2 Å². The third kappa shape index (κ3) is 6.19. The largest absolute Gasteiger partial charge is 0.356 e. The molecule has 0 unspecified atom stereocenters. The summed E-state index contributed by atoms with van der Waals surface area (Å²) in [7, 11) is 1.79. The summed E-state index contributed by atoms with van der Waals surface area (Å²) < 4.78 is 0. The van der Waals surface area contributed by atoms with Crippen molar-refractivity contribution in [2.75, 3.05) is 13.6 Å². The van der Waals surface area contributed by atoms with Crippen LogP contribution in [0, 0.1) is 0 Å². The molecule has 2 N–H and O–H groups in total. The fraction of sp³-hybridized carbons (Fsp3) is 0.462. The maximum absolute atomic E-state index is 5.96. The summed E-state index contributed by atoms with van der Waals surface area (Å²) in [6.07, 6.45) is 3.35. The van der Waals surface area contributed by atoms with Crippen LogP contribution in [-0.2, 0) is 6.42 Å². The van der Waals surface area contributed by atoms with E-state index in [1.807, 2.05) is 12.1 Å². The Kier molecular flexibility index (Phi) is 7.25. The summed E-state index contributed by atoms with van der Waals surface area (Å²) in [6, 6.07) is 6.23. The first kappa shape index (κ1) is 16.9. The highest BCUT2D eigenvalue weighted by Gasteiger charge is 2.21. The molecule has 1 fully saturated rings. The number of nitrogens with zero attached hydrogens (tertiary/aromatic N) is 1. The van der Waals surface area contributed by atoms with Crippen molar-refractivity contribution in [2.24, 2.45) is 4.99 Å². The minimum atomic E-state index is 0. The average Bonchev–Trinajstić information content (AvgIpc) is 3.10. The van der Waals surface area contributed by atoms with Crippen LogP contribution in [0.5, 0.6) is 0 Å². The number of hydrogen-bond acceptors (Lipinski definition) is 1. The maximum Gasteiger partial charge on any atom is 0.191 e. The zero-order valence-electron chi connectivity index (χ0n) is 10.7. The fourth-order valence-corrected chi connectivity index (χ4v) is 2.27. The van der Waals surface area contributed by atoms with Crippen LogP contribution in [0.25, 0.3) is 0 Å². The zero-order chi connectivity index (χ0) is 13.0. The van der Waals surface area contributed by atoms with Gasteiger partial charge in [-0.25, -0.2) is 0 Å². The van der Waals surface area contributed by atoms with E-state index in [1.165, 1.54) is 12.8 Å². The Labute approximate surface area is 141 Å². The van der Waals surface area contributed by atoms with Crippen LogP contribution in [0.3, 0.4) is 0 Å². The summed E-state index contributed by atoms with van der Waals surface area (Å²) in [4.78, 5) is 4.18. The molecule has 1 aromatic rings. The van der Waals surface area contributed by atoms with Crippen molar-refractivity contribution < 1.29 is 0 Å². The van der Waals surface area contributed by atoms with Gasteiger partial charge < -0.3 is 10.6 Å². The quantitative estimate of drug-likeness (QED) is 0.450. The van der Waals surface area contributed by atoms with Gasteiger partial charge in [-0.15, -0.1) is 24.0 Å². The van der Waals surface area contributed by atoms with E-state index in [0.29, 0.717) is 16.1 Å². The predicted octanol–water partition coefficient (Wildman–Crippen LogP) is 3.48. The minimum Gasteiger partial charge on any atom is -0.356 e. The lowest BCUT2D eigenvalue weighted by molar-refractivity contribution is 0.792. The summed E-state index contributed by atoms with van der Waals surface area (Å²) in [5.41, 5.74) is 1.13. The van der Waals surface area contributed by atoms with Crippen molar-refractivity contribution in [2.45, 2.75) is 25.3 Å². The summed E-state index contributed by atoms with van der Waals surface area (Å²) in [6.45, 7) is 0.809. The zero-order valence-corrected chi connectivity index (χ0v) is 14.6. The summed E-state index contributed by atoms with van der Waals surface area (Å²) in [5.74, 6) is 0.866. The van der Waals surface area contributed by atoms with Crippen molar-refractivity contribution in [1.29, 1.82) is 0 Å². The third-order valence-corrected chi connectivity index (χ3v) is 3.21. The van der Waals surface area contributed by atoms with E-state index in [4.69, 9.17) is 23.2 Å². The molecule has 2 rings (SSSR count). The number of nitrogens with one attached hydrogen (secondary N) is 2. The molecule has 1 aromatic carbocycles. The highest BCUT2D eigenvalue weighted by atomic mass is 127. The van der Waals surface area contributed by atoms with Gasteiger partial charge in [-0.2, -0.15) is 0 Å². The van der Waals surface area contributed by atoms with Crippen molar-refractivity contribution in [3.05, 3.63) is 33.8 Å².